The normalized spacial score (nSPS) is 11.7. The van der Waals surface area contributed by atoms with Gasteiger partial charge in [-0.2, -0.15) is 0 Å². The zero-order valence-electron chi connectivity index (χ0n) is 16.2. The van der Waals surface area contributed by atoms with Gasteiger partial charge in [-0.1, -0.05) is 55.0 Å². The topological polar surface area (TPSA) is 76.1 Å². The number of ether oxygens (including phenoxy) is 1. The largest absolute Gasteiger partial charge is 0.486 e. The van der Waals surface area contributed by atoms with Crippen LogP contribution in [0, 0.1) is 6.92 Å². The van der Waals surface area contributed by atoms with E-state index in [0.717, 1.165) is 23.4 Å². The summed E-state index contributed by atoms with van der Waals surface area (Å²) < 4.78 is 5.77. The molecule has 1 unspecified atom stereocenters. The van der Waals surface area contributed by atoms with Crippen molar-refractivity contribution < 1.29 is 9.53 Å². The lowest BCUT2D eigenvalue weighted by Gasteiger charge is -2.10. The van der Waals surface area contributed by atoms with Crippen molar-refractivity contribution in [1.29, 1.82) is 0 Å². The Bertz CT molecular complexity index is 907. The number of amides is 2. The van der Waals surface area contributed by atoms with E-state index < -0.39 is 0 Å². The predicted molar refractivity (Wildman–Crippen MR) is 113 cm³/mol. The van der Waals surface area contributed by atoms with Crippen LogP contribution in [0.5, 0.6) is 5.75 Å². The minimum absolute atomic E-state index is 0.307. The zero-order chi connectivity index (χ0) is 19.9. The van der Waals surface area contributed by atoms with E-state index in [-0.39, 0.29) is 6.03 Å². The molecular weight excluding hydrogens is 372 g/mol. The van der Waals surface area contributed by atoms with Crippen molar-refractivity contribution in [3.8, 4) is 5.75 Å². The number of nitrogens with one attached hydrogen (secondary N) is 2. The molecule has 1 atom stereocenters. The summed E-state index contributed by atoms with van der Waals surface area (Å²) in [6, 6.07) is 15.3. The number of carbonyl (C=O) groups is 1. The molecule has 1 heterocycles. The predicted octanol–water partition coefficient (Wildman–Crippen LogP) is 5.58. The molecule has 0 radical (unpaired) electrons. The van der Waals surface area contributed by atoms with Crippen LogP contribution in [-0.2, 0) is 6.61 Å². The number of hydrogen-bond donors (Lipinski definition) is 2. The van der Waals surface area contributed by atoms with Crippen LogP contribution in [0.4, 0.5) is 15.6 Å². The van der Waals surface area contributed by atoms with Crippen LogP contribution < -0.4 is 15.4 Å². The molecule has 6 nitrogen and oxygen atoms in total. The van der Waals surface area contributed by atoms with Crippen LogP contribution in [0.25, 0.3) is 0 Å². The van der Waals surface area contributed by atoms with Gasteiger partial charge in [0.05, 0.1) is 0 Å². The number of benzene rings is 2. The van der Waals surface area contributed by atoms with Crippen LogP contribution in [0.2, 0.25) is 0 Å². The number of nitrogens with zero attached hydrogens (tertiary/aromatic N) is 2. The maximum Gasteiger partial charge on any atom is 0.325 e. The number of aromatic nitrogens is 2. The summed E-state index contributed by atoms with van der Waals surface area (Å²) >= 11 is 1.29. The number of aryl methyl sites for hydroxylation is 1. The number of rotatable bonds is 7. The fourth-order valence-corrected chi connectivity index (χ4v) is 3.18. The standard InChI is InChI=1S/C21H24N4O2S/c1-4-15(3)16-7-11-18(12-8-16)27-13-19-24-25-21(28-19)23-20(26)22-17-9-5-14(2)6-10-17/h5-12,15H,4,13H2,1-3H3,(H2,22,23,25,26). The van der Waals surface area contributed by atoms with Crippen LogP contribution in [0.15, 0.2) is 48.5 Å². The first-order valence-corrected chi connectivity index (χ1v) is 10.0. The Hall–Kier alpha value is -2.93. The molecule has 2 amide bonds. The lowest BCUT2D eigenvalue weighted by Crippen LogP contribution is -2.19. The van der Waals surface area contributed by atoms with Gasteiger partial charge in [0.15, 0.2) is 5.01 Å². The van der Waals surface area contributed by atoms with E-state index >= 15 is 0 Å². The highest BCUT2D eigenvalue weighted by atomic mass is 32.1. The monoisotopic (exact) mass is 396 g/mol. The second-order valence-corrected chi connectivity index (χ2v) is 7.68. The van der Waals surface area contributed by atoms with Gasteiger partial charge in [0.25, 0.3) is 0 Å². The van der Waals surface area contributed by atoms with E-state index in [1.165, 1.54) is 16.9 Å². The summed E-state index contributed by atoms with van der Waals surface area (Å²) in [5.41, 5.74) is 3.16. The molecule has 146 valence electrons. The van der Waals surface area contributed by atoms with Crippen LogP contribution in [0.3, 0.4) is 0 Å². The smallest absolute Gasteiger partial charge is 0.325 e. The van der Waals surface area contributed by atoms with Gasteiger partial charge in [0.1, 0.15) is 12.4 Å². The van der Waals surface area contributed by atoms with Crippen LogP contribution in [0.1, 0.15) is 42.3 Å². The molecule has 0 aliphatic heterocycles. The van der Waals surface area contributed by atoms with Gasteiger partial charge in [-0.05, 0) is 49.1 Å². The third-order valence-electron chi connectivity index (χ3n) is 4.42. The Morgan fingerprint density at radius 3 is 2.46 bits per heavy atom. The average Bonchev–Trinajstić information content (AvgIpc) is 3.15. The van der Waals surface area contributed by atoms with Crippen molar-refractivity contribution in [2.75, 3.05) is 10.6 Å². The molecule has 1 aromatic heterocycles. The van der Waals surface area contributed by atoms with Crippen molar-refractivity contribution in [3.05, 3.63) is 64.7 Å². The van der Waals surface area contributed by atoms with E-state index in [4.69, 9.17) is 4.74 Å². The van der Waals surface area contributed by atoms with E-state index in [2.05, 4.69) is 46.8 Å². The molecule has 3 rings (SSSR count). The lowest BCUT2D eigenvalue weighted by atomic mass is 9.99. The SMILES string of the molecule is CCC(C)c1ccc(OCc2nnc(NC(=O)Nc3ccc(C)cc3)s2)cc1. The summed E-state index contributed by atoms with van der Waals surface area (Å²) in [6.07, 6.45) is 1.11. The van der Waals surface area contributed by atoms with E-state index in [1.54, 1.807) is 0 Å². The van der Waals surface area contributed by atoms with Crippen LogP contribution >= 0.6 is 11.3 Å². The maximum absolute atomic E-state index is 12.1. The third-order valence-corrected chi connectivity index (χ3v) is 5.23. The fourth-order valence-electron chi connectivity index (χ4n) is 2.53. The fraction of sp³-hybridized carbons (Fsp3) is 0.286. The molecule has 0 bridgehead atoms. The summed E-state index contributed by atoms with van der Waals surface area (Å²) in [6.45, 7) is 6.69. The van der Waals surface area contributed by atoms with Crippen molar-refractivity contribution >= 4 is 28.2 Å². The molecule has 2 aromatic carbocycles. The Morgan fingerprint density at radius 1 is 1.07 bits per heavy atom. The Kier molecular flexibility index (Phi) is 6.60. The average molecular weight is 397 g/mol. The van der Waals surface area contributed by atoms with E-state index in [0.29, 0.717) is 22.7 Å². The molecule has 0 aliphatic rings. The summed E-state index contributed by atoms with van der Waals surface area (Å²) in [5, 5.41) is 14.6. The van der Waals surface area contributed by atoms with Crippen molar-refractivity contribution in [3.63, 3.8) is 0 Å². The van der Waals surface area contributed by atoms with Gasteiger partial charge in [-0.25, -0.2) is 4.79 Å². The molecule has 0 saturated heterocycles. The van der Waals surface area contributed by atoms with Crippen LogP contribution in [-0.4, -0.2) is 16.2 Å². The summed E-state index contributed by atoms with van der Waals surface area (Å²) in [5.74, 6) is 1.32. The van der Waals surface area contributed by atoms with Gasteiger partial charge in [0, 0.05) is 5.69 Å². The molecule has 2 N–H and O–H groups in total. The van der Waals surface area contributed by atoms with Crippen molar-refractivity contribution in [1.82, 2.24) is 10.2 Å². The third kappa shape index (κ3) is 5.53. The minimum atomic E-state index is -0.354. The number of carbonyl (C=O) groups excluding carboxylic acids is 1. The number of urea groups is 1. The Labute approximate surface area is 169 Å². The zero-order valence-corrected chi connectivity index (χ0v) is 17.0. The second kappa shape index (κ2) is 9.32. The molecule has 28 heavy (non-hydrogen) atoms. The van der Waals surface area contributed by atoms with Crippen molar-refractivity contribution in [2.45, 2.75) is 39.7 Å². The van der Waals surface area contributed by atoms with Gasteiger partial charge in [0.2, 0.25) is 5.13 Å². The Morgan fingerprint density at radius 2 is 1.79 bits per heavy atom. The molecular formula is C21H24N4O2S. The maximum atomic E-state index is 12.1. The molecule has 0 spiro atoms. The summed E-state index contributed by atoms with van der Waals surface area (Å²) in [7, 11) is 0. The van der Waals surface area contributed by atoms with Gasteiger partial charge in [-0.15, -0.1) is 10.2 Å². The van der Waals surface area contributed by atoms with Crippen molar-refractivity contribution in [2.24, 2.45) is 0 Å². The first-order valence-electron chi connectivity index (χ1n) is 9.23. The molecule has 0 saturated carbocycles. The second-order valence-electron chi connectivity index (χ2n) is 6.61. The minimum Gasteiger partial charge on any atom is -0.486 e. The molecule has 7 heteroatoms. The Balaban J connectivity index is 1.49. The lowest BCUT2D eigenvalue weighted by molar-refractivity contribution is 0.262. The summed E-state index contributed by atoms with van der Waals surface area (Å²) in [4.78, 5) is 12.1. The first-order chi connectivity index (χ1) is 13.5. The highest BCUT2D eigenvalue weighted by Gasteiger charge is 2.09. The van der Waals surface area contributed by atoms with Gasteiger partial charge < -0.3 is 10.1 Å². The highest BCUT2D eigenvalue weighted by Crippen LogP contribution is 2.23. The highest BCUT2D eigenvalue weighted by molar-refractivity contribution is 7.15. The van der Waals surface area contributed by atoms with E-state index in [9.17, 15) is 4.79 Å². The number of anilines is 2. The number of hydrogen-bond acceptors (Lipinski definition) is 5. The quantitative estimate of drug-likeness (QED) is 0.546. The van der Waals surface area contributed by atoms with Gasteiger partial charge in [-0.3, -0.25) is 5.32 Å². The molecule has 0 aliphatic carbocycles. The van der Waals surface area contributed by atoms with E-state index in [1.807, 2.05) is 43.3 Å². The van der Waals surface area contributed by atoms with Gasteiger partial charge >= 0.3 is 6.03 Å². The first kappa shape index (κ1) is 19.8. The molecule has 3 aromatic rings. The molecule has 0 fully saturated rings.